The van der Waals surface area contributed by atoms with Crippen molar-refractivity contribution in [1.82, 2.24) is 0 Å². The molecule has 3 nitrogen and oxygen atoms in total. The molecule has 1 aromatic rings. The van der Waals surface area contributed by atoms with E-state index in [2.05, 4.69) is 27.7 Å². The van der Waals surface area contributed by atoms with Gasteiger partial charge in [0.15, 0.2) is 6.10 Å². The summed E-state index contributed by atoms with van der Waals surface area (Å²) in [7, 11) is 0. The van der Waals surface area contributed by atoms with E-state index in [1.807, 2.05) is 24.3 Å². The standard InChI is InChI=1S/C11H9ClINO2/c12-9(6-15)10-5-11(16-14-10)7-2-1-3-8(13)4-7/h1-4,6,9,11H,5H2. The average Bonchev–Trinajstić information content (AvgIpc) is 2.77. The molecule has 2 unspecified atom stereocenters. The highest BCUT2D eigenvalue weighted by atomic mass is 127. The van der Waals surface area contributed by atoms with Crippen molar-refractivity contribution >= 4 is 46.2 Å². The number of hydrogen-bond acceptors (Lipinski definition) is 3. The number of carbonyl (C=O) groups excluding carboxylic acids is 1. The Morgan fingerprint density at radius 1 is 1.62 bits per heavy atom. The lowest BCUT2D eigenvalue weighted by molar-refractivity contribution is -0.106. The van der Waals surface area contributed by atoms with Gasteiger partial charge in [-0.05, 0) is 40.3 Å². The first-order valence-corrected chi connectivity index (χ1v) is 6.29. The van der Waals surface area contributed by atoms with Crippen molar-refractivity contribution in [2.75, 3.05) is 0 Å². The van der Waals surface area contributed by atoms with Crippen molar-refractivity contribution in [3.05, 3.63) is 33.4 Å². The number of alkyl halides is 1. The van der Waals surface area contributed by atoms with Gasteiger partial charge in [-0.3, -0.25) is 0 Å². The minimum Gasteiger partial charge on any atom is -0.387 e. The van der Waals surface area contributed by atoms with E-state index in [1.165, 1.54) is 0 Å². The fraction of sp³-hybridized carbons (Fsp3) is 0.273. The van der Waals surface area contributed by atoms with Crippen LogP contribution in [0.2, 0.25) is 0 Å². The van der Waals surface area contributed by atoms with E-state index in [4.69, 9.17) is 16.4 Å². The van der Waals surface area contributed by atoms with E-state index >= 15 is 0 Å². The molecule has 0 aliphatic carbocycles. The van der Waals surface area contributed by atoms with Crippen LogP contribution in [-0.4, -0.2) is 17.4 Å². The molecule has 16 heavy (non-hydrogen) atoms. The molecular formula is C11H9ClINO2. The second-order valence-corrected chi connectivity index (χ2v) is 5.19. The molecule has 1 aliphatic rings. The molecule has 0 fully saturated rings. The number of rotatable bonds is 3. The minimum atomic E-state index is -0.673. The second kappa shape index (κ2) is 5.14. The molecule has 2 atom stereocenters. The van der Waals surface area contributed by atoms with Gasteiger partial charge in [-0.1, -0.05) is 17.3 Å². The van der Waals surface area contributed by atoms with Gasteiger partial charge in [-0.15, -0.1) is 11.6 Å². The van der Waals surface area contributed by atoms with Crippen LogP contribution in [0.15, 0.2) is 29.4 Å². The number of benzene rings is 1. The SMILES string of the molecule is O=CC(Cl)C1=NOC(c2cccc(I)c2)C1. The Hall–Kier alpha value is -0.620. The highest BCUT2D eigenvalue weighted by Crippen LogP contribution is 2.29. The maximum atomic E-state index is 10.5. The largest absolute Gasteiger partial charge is 0.387 e. The predicted octanol–water partition coefficient (Wildman–Crippen LogP) is 2.91. The number of halogens is 2. The Balaban J connectivity index is 2.09. The first-order valence-electron chi connectivity index (χ1n) is 4.78. The lowest BCUT2D eigenvalue weighted by Gasteiger charge is -2.08. The lowest BCUT2D eigenvalue weighted by atomic mass is 10.0. The summed E-state index contributed by atoms with van der Waals surface area (Å²) in [6.07, 6.45) is 1.12. The Labute approximate surface area is 112 Å². The number of hydrogen-bond donors (Lipinski definition) is 0. The molecular weight excluding hydrogens is 340 g/mol. The molecule has 0 spiro atoms. The summed E-state index contributed by atoms with van der Waals surface area (Å²) >= 11 is 8.02. The number of aldehydes is 1. The molecule has 2 rings (SSSR count). The van der Waals surface area contributed by atoms with Crippen molar-refractivity contribution in [3.63, 3.8) is 0 Å². The molecule has 0 bridgehead atoms. The number of nitrogens with zero attached hydrogens (tertiary/aromatic N) is 1. The fourth-order valence-electron chi connectivity index (χ4n) is 1.52. The van der Waals surface area contributed by atoms with Crippen LogP contribution in [0, 0.1) is 3.57 Å². The highest BCUT2D eigenvalue weighted by Gasteiger charge is 2.27. The zero-order valence-corrected chi connectivity index (χ0v) is 11.2. The quantitative estimate of drug-likeness (QED) is 0.478. The summed E-state index contributed by atoms with van der Waals surface area (Å²) in [5.74, 6) is 0. The molecule has 1 aromatic carbocycles. The van der Waals surface area contributed by atoms with Gasteiger partial charge in [0.05, 0.1) is 5.71 Å². The van der Waals surface area contributed by atoms with Crippen LogP contribution in [0.1, 0.15) is 18.1 Å². The zero-order chi connectivity index (χ0) is 11.5. The van der Waals surface area contributed by atoms with Gasteiger partial charge >= 0.3 is 0 Å². The van der Waals surface area contributed by atoms with Crippen LogP contribution < -0.4 is 0 Å². The van der Waals surface area contributed by atoms with Gasteiger partial charge < -0.3 is 9.63 Å². The summed E-state index contributed by atoms with van der Waals surface area (Å²) in [6, 6.07) is 8.00. The van der Waals surface area contributed by atoms with Gasteiger partial charge in [0.1, 0.15) is 11.7 Å². The Morgan fingerprint density at radius 2 is 2.44 bits per heavy atom. The maximum Gasteiger partial charge on any atom is 0.158 e. The van der Waals surface area contributed by atoms with Crippen molar-refractivity contribution in [1.29, 1.82) is 0 Å². The molecule has 0 saturated carbocycles. The van der Waals surface area contributed by atoms with E-state index in [-0.39, 0.29) is 6.10 Å². The van der Waals surface area contributed by atoms with Crippen molar-refractivity contribution in [2.24, 2.45) is 5.16 Å². The van der Waals surface area contributed by atoms with E-state index in [1.54, 1.807) is 0 Å². The van der Waals surface area contributed by atoms with Gasteiger partial charge in [0, 0.05) is 9.99 Å². The van der Waals surface area contributed by atoms with E-state index in [9.17, 15) is 4.79 Å². The molecule has 5 heteroatoms. The normalized spacial score (nSPS) is 21.1. The van der Waals surface area contributed by atoms with Crippen LogP contribution in [0.5, 0.6) is 0 Å². The zero-order valence-electron chi connectivity index (χ0n) is 8.27. The summed E-state index contributed by atoms with van der Waals surface area (Å²) < 4.78 is 1.14. The molecule has 0 N–H and O–H groups in total. The Kier molecular flexibility index (Phi) is 3.81. The number of carbonyl (C=O) groups is 1. The summed E-state index contributed by atoms with van der Waals surface area (Å²) in [5.41, 5.74) is 1.65. The summed E-state index contributed by atoms with van der Waals surface area (Å²) in [6.45, 7) is 0. The smallest absolute Gasteiger partial charge is 0.158 e. The molecule has 0 aromatic heterocycles. The van der Waals surface area contributed by atoms with E-state index in [0.29, 0.717) is 18.4 Å². The molecule has 1 aliphatic heterocycles. The Morgan fingerprint density at radius 3 is 3.12 bits per heavy atom. The molecule has 84 valence electrons. The third kappa shape index (κ3) is 2.55. The van der Waals surface area contributed by atoms with Crippen LogP contribution in [0.3, 0.4) is 0 Å². The third-order valence-electron chi connectivity index (χ3n) is 2.35. The summed E-state index contributed by atoms with van der Waals surface area (Å²) in [4.78, 5) is 15.8. The number of oxime groups is 1. The second-order valence-electron chi connectivity index (χ2n) is 3.47. The summed E-state index contributed by atoms with van der Waals surface area (Å²) in [5, 5.41) is 3.17. The van der Waals surface area contributed by atoms with Crippen molar-refractivity contribution in [2.45, 2.75) is 17.9 Å². The fourth-order valence-corrected chi connectivity index (χ4v) is 2.22. The third-order valence-corrected chi connectivity index (χ3v) is 3.38. The van der Waals surface area contributed by atoms with Gasteiger partial charge in [0.25, 0.3) is 0 Å². The van der Waals surface area contributed by atoms with Gasteiger partial charge in [-0.25, -0.2) is 0 Å². The van der Waals surface area contributed by atoms with Gasteiger partial charge in [0.2, 0.25) is 0 Å². The predicted molar refractivity (Wildman–Crippen MR) is 70.7 cm³/mol. The topological polar surface area (TPSA) is 38.7 Å². The molecule has 1 heterocycles. The van der Waals surface area contributed by atoms with Crippen molar-refractivity contribution in [3.8, 4) is 0 Å². The molecule has 0 amide bonds. The highest BCUT2D eigenvalue weighted by molar-refractivity contribution is 14.1. The lowest BCUT2D eigenvalue weighted by Crippen LogP contribution is -2.14. The minimum absolute atomic E-state index is 0.120. The van der Waals surface area contributed by atoms with E-state index in [0.717, 1.165) is 9.13 Å². The monoisotopic (exact) mass is 349 g/mol. The van der Waals surface area contributed by atoms with Crippen LogP contribution in [0.25, 0.3) is 0 Å². The van der Waals surface area contributed by atoms with Crippen LogP contribution in [-0.2, 0) is 9.63 Å². The molecule has 0 radical (unpaired) electrons. The van der Waals surface area contributed by atoms with Gasteiger partial charge in [-0.2, -0.15) is 0 Å². The van der Waals surface area contributed by atoms with Crippen LogP contribution in [0.4, 0.5) is 0 Å². The molecule has 0 saturated heterocycles. The average molecular weight is 350 g/mol. The van der Waals surface area contributed by atoms with E-state index < -0.39 is 5.38 Å². The van der Waals surface area contributed by atoms with Crippen LogP contribution >= 0.6 is 34.2 Å². The first kappa shape index (κ1) is 11.9. The van der Waals surface area contributed by atoms with Crippen molar-refractivity contribution < 1.29 is 9.63 Å². The maximum absolute atomic E-state index is 10.5. The Bertz CT molecular complexity index is 436. The first-order chi connectivity index (χ1) is 7.70.